The van der Waals surface area contributed by atoms with E-state index in [4.69, 9.17) is 0 Å². The normalized spacial score (nSPS) is 24.5. The molecule has 1 atom stereocenters. The Morgan fingerprint density at radius 1 is 1.17 bits per heavy atom. The van der Waals surface area contributed by atoms with Crippen molar-refractivity contribution in [3.05, 3.63) is 47.5 Å². The summed E-state index contributed by atoms with van der Waals surface area (Å²) in [6, 6.07) is 11.6. The minimum atomic E-state index is 0.140. The van der Waals surface area contributed by atoms with Crippen LogP contribution in [0.5, 0.6) is 0 Å². The number of benzene rings is 1. The van der Waals surface area contributed by atoms with Gasteiger partial charge < -0.3 is 5.32 Å². The Balaban J connectivity index is 1.72. The molecule has 2 heterocycles. The minimum absolute atomic E-state index is 0.140. The smallest absolute Gasteiger partial charge is 0.0377 e. The monoisotopic (exact) mass is 327 g/mol. The van der Waals surface area contributed by atoms with Crippen molar-refractivity contribution in [2.75, 3.05) is 39.3 Å². The van der Waals surface area contributed by atoms with Gasteiger partial charge in [-0.05, 0) is 51.3 Å². The molecule has 0 bridgehead atoms. The second-order valence-corrected chi connectivity index (χ2v) is 7.65. The Labute approximate surface area is 147 Å². The number of rotatable bonds is 5. The standard InChI is InChI=1S/C21H33N3/c1-4-19(21(2,3)24-15-12-22-13-16-24)17-23-14-8-11-20(23)18-9-6-5-7-10-18/h4-7,9-10,20,22H,8,11-17H2,1-3H3. The van der Waals surface area contributed by atoms with Crippen molar-refractivity contribution >= 4 is 0 Å². The summed E-state index contributed by atoms with van der Waals surface area (Å²) in [6.45, 7) is 13.8. The maximum atomic E-state index is 3.47. The molecular weight excluding hydrogens is 294 g/mol. The van der Waals surface area contributed by atoms with Gasteiger partial charge in [0.2, 0.25) is 0 Å². The van der Waals surface area contributed by atoms with Crippen LogP contribution >= 0.6 is 0 Å². The van der Waals surface area contributed by atoms with E-state index in [1.165, 1.54) is 24.9 Å². The molecule has 1 unspecified atom stereocenters. The first-order chi connectivity index (χ1) is 11.6. The van der Waals surface area contributed by atoms with Crippen molar-refractivity contribution in [1.29, 1.82) is 0 Å². The van der Waals surface area contributed by atoms with Crippen molar-refractivity contribution in [2.24, 2.45) is 0 Å². The molecule has 2 aliphatic rings. The third kappa shape index (κ3) is 3.74. The Kier molecular flexibility index (Phi) is 5.75. The lowest BCUT2D eigenvalue weighted by Crippen LogP contribution is -2.55. The fraction of sp³-hybridized carbons (Fsp3) is 0.619. The van der Waals surface area contributed by atoms with Crippen LogP contribution in [0.1, 0.15) is 45.2 Å². The maximum absolute atomic E-state index is 3.47. The minimum Gasteiger partial charge on any atom is -0.314 e. The largest absolute Gasteiger partial charge is 0.314 e. The van der Waals surface area contributed by atoms with Crippen LogP contribution in [0.4, 0.5) is 0 Å². The molecule has 1 aromatic rings. The first-order valence-electron chi connectivity index (χ1n) is 9.53. The molecule has 3 heteroatoms. The van der Waals surface area contributed by atoms with Gasteiger partial charge in [-0.15, -0.1) is 0 Å². The van der Waals surface area contributed by atoms with E-state index < -0.39 is 0 Å². The van der Waals surface area contributed by atoms with Gasteiger partial charge in [0.25, 0.3) is 0 Å². The number of likely N-dealkylation sites (tertiary alicyclic amines) is 1. The van der Waals surface area contributed by atoms with E-state index in [1.54, 1.807) is 5.57 Å². The predicted molar refractivity (Wildman–Crippen MR) is 102 cm³/mol. The molecule has 1 N–H and O–H groups in total. The van der Waals surface area contributed by atoms with Crippen molar-refractivity contribution < 1.29 is 0 Å². The lowest BCUT2D eigenvalue weighted by atomic mass is 9.90. The molecule has 2 fully saturated rings. The lowest BCUT2D eigenvalue weighted by Gasteiger charge is -2.44. The van der Waals surface area contributed by atoms with E-state index in [0.717, 1.165) is 32.7 Å². The highest BCUT2D eigenvalue weighted by atomic mass is 15.2. The summed E-state index contributed by atoms with van der Waals surface area (Å²) in [5.41, 5.74) is 3.18. The van der Waals surface area contributed by atoms with Gasteiger partial charge in [-0.2, -0.15) is 0 Å². The quantitative estimate of drug-likeness (QED) is 0.836. The number of piperazine rings is 1. The third-order valence-electron chi connectivity index (χ3n) is 5.96. The van der Waals surface area contributed by atoms with Gasteiger partial charge in [-0.1, -0.05) is 36.4 Å². The Hall–Kier alpha value is -1.16. The summed E-state index contributed by atoms with van der Waals surface area (Å²) in [4.78, 5) is 5.33. The van der Waals surface area contributed by atoms with E-state index in [0.29, 0.717) is 6.04 Å². The molecule has 3 rings (SSSR count). The zero-order chi connectivity index (χ0) is 17.0. The Bertz CT molecular complexity index is 543. The highest BCUT2D eigenvalue weighted by molar-refractivity contribution is 5.24. The zero-order valence-corrected chi connectivity index (χ0v) is 15.6. The first-order valence-corrected chi connectivity index (χ1v) is 9.53. The van der Waals surface area contributed by atoms with Gasteiger partial charge in [-0.25, -0.2) is 0 Å². The fourth-order valence-electron chi connectivity index (χ4n) is 4.35. The van der Waals surface area contributed by atoms with Gasteiger partial charge >= 0.3 is 0 Å². The predicted octanol–water partition coefficient (Wildman–Crippen LogP) is 3.45. The van der Waals surface area contributed by atoms with E-state index in [1.807, 2.05) is 0 Å². The van der Waals surface area contributed by atoms with Crippen LogP contribution in [0.25, 0.3) is 0 Å². The molecule has 0 radical (unpaired) electrons. The first kappa shape index (κ1) is 17.7. The summed E-state index contributed by atoms with van der Waals surface area (Å²) in [5, 5.41) is 3.47. The summed E-state index contributed by atoms with van der Waals surface area (Å²) in [5.74, 6) is 0. The van der Waals surface area contributed by atoms with Gasteiger partial charge in [-0.3, -0.25) is 9.80 Å². The van der Waals surface area contributed by atoms with E-state index in [9.17, 15) is 0 Å². The van der Waals surface area contributed by atoms with Crippen LogP contribution in [0, 0.1) is 0 Å². The van der Waals surface area contributed by atoms with Crippen molar-refractivity contribution in [3.8, 4) is 0 Å². The fourth-order valence-corrected chi connectivity index (χ4v) is 4.35. The molecule has 1 aromatic carbocycles. The second kappa shape index (κ2) is 7.81. The van der Waals surface area contributed by atoms with Crippen LogP contribution in [-0.4, -0.2) is 54.6 Å². The third-order valence-corrected chi connectivity index (χ3v) is 5.96. The lowest BCUT2D eigenvalue weighted by molar-refractivity contribution is 0.121. The van der Waals surface area contributed by atoms with Crippen molar-refractivity contribution in [3.63, 3.8) is 0 Å². The molecule has 0 amide bonds. The highest BCUT2D eigenvalue weighted by Crippen LogP contribution is 2.34. The summed E-state index contributed by atoms with van der Waals surface area (Å²) >= 11 is 0. The van der Waals surface area contributed by atoms with Gasteiger partial charge in [0, 0.05) is 44.3 Å². The molecule has 3 nitrogen and oxygen atoms in total. The maximum Gasteiger partial charge on any atom is 0.0377 e. The average Bonchev–Trinajstić information content (AvgIpc) is 3.09. The van der Waals surface area contributed by atoms with Gasteiger partial charge in [0.15, 0.2) is 0 Å². The number of nitrogens with one attached hydrogen (secondary N) is 1. The summed E-state index contributed by atoms with van der Waals surface area (Å²) in [7, 11) is 0. The SMILES string of the molecule is CC=C(CN1CCCC1c1ccccc1)C(C)(C)N1CCNCC1. The molecule has 2 aliphatic heterocycles. The van der Waals surface area contributed by atoms with Crippen LogP contribution in [0.15, 0.2) is 42.0 Å². The van der Waals surface area contributed by atoms with E-state index >= 15 is 0 Å². The van der Waals surface area contributed by atoms with Crippen LogP contribution in [-0.2, 0) is 0 Å². The number of allylic oxidation sites excluding steroid dienone is 1. The highest BCUT2D eigenvalue weighted by Gasteiger charge is 2.34. The van der Waals surface area contributed by atoms with Crippen molar-refractivity contribution in [1.82, 2.24) is 15.1 Å². The molecule has 24 heavy (non-hydrogen) atoms. The van der Waals surface area contributed by atoms with Crippen LogP contribution < -0.4 is 5.32 Å². The van der Waals surface area contributed by atoms with Crippen LogP contribution in [0.3, 0.4) is 0 Å². The molecule has 0 saturated carbocycles. The Morgan fingerprint density at radius 2 is 1.88 bits per heavy atom. The molecule has 0 aliphatic carbocycles. The molecule has 2 saturated heterocycles. The average molecular weight is 328 g/mol. The molecule has 0 spiro atoms. The Morgan fingerprint density at radius 3 is 2.54 bits per heavy atom. The van der Waals surface area contributed by atoms with E-state index in [2.05, 4.69) is 72.3 Å². The molecule has 0 aromatic heterocycles. The molecular formula is C21H33N3. The van der Waals surface area contributed by atoms with E-state index in [-0.39, 0.29) is 5.54 Å². The second-order valence-electron chi connectivity index (χ2n) is 7.65. The molecule has 132 valence electrons. The number of hydrogen-bond donors (Lipinski definition) is 1. The summed E-state index contributed by atoms with van der Waals surface area (Å²) in [6.07, 6.45) is 4.96. The van der Waals surface area contributed by atoms with Gasteiger partial charge in [0.05, 0.1) is 0 Å². The number of nitrogens with zero attached hydrogens (tertiary/aromatic N) is 2. The number of hydrogen-bond acceptors (Lipinski definition) is 3. The van der Waals surface area contributed by atoms with Gasteiger partial charge in [0.1, 0.15) is 0 Å². The zero-order valence-electron chi connectivity index (χ0n) is 15.6. The van der Waals surface area contributed by atoms with Crippen LogP contribution in [0.2, 0.25) is 0 Å². The topological polar surface area (TPSA) is 18.5 Å². The summed E-state index contributed by atoms with van der Waals surface area (Å²) < 4.78 is 0. The van der Waals surface area contributed by atoms with Crippen molar-refractivity contribution in [2.45, 2.75) is 45.2 Å².